The molecule has 0 aliphatic carbocycles. The van der Waals surface area contributed by atoms with Crippen molar-refractivity contribution < 1.29 is 19.0 Å². The molecule has 1 aliphatic rings. The van der Waals surface area contributed by atoms with Crippen LogP contribution in [0.15, 0.2) is 73.1 Å². The molecule has 0 radical (unpaired) electrons. The average molecular weight is 500 g/mol. The van der Waals surface area contributed by atoms with E-state index in [9.17, 15) is 4.79 Å². The van der Waals surface area contributed by atoms with Crippen molar-refractivity contribution in [2.75, 3.05) is 45.4 Å². The molecule has 0 bridgehead atoms. The van der Waals surface area contributed by atoms with E-state index >= 15 is 0 Å². The second-order valence-electron chi connectivity index (χ2n) is 8.55. The third-order valence-corrected chi connectivity index (χ3v) is 6.23. The maximum Gasteiger partial charge on any atom is 0.255 e. The average Bonchev–Trinajstić information content (AvgIpc) is 3.42. The smallest absolute Gasteiger partial charge is 0.255 e. The van der Waals surface area contributed by atoms with Gasteiger partial charge in [-0.15, -0.1) is 0 Å². The molecule has 2 aromatic carbocycles. The van der Waals surface area contributed by atoms with Gasteiger partial charge in [-0.25, -0.2) is 9.67 Å². The number of hydrogen-bond donors (Lipinski definition) is 1. The molecule has 9 heteroatoms. The second-order valence-corrected chi connectivity index (χ2v) is 8.55. The SMILES string of the molecule is COc1ccc(-c2nn(-c3ccccc3)cc2C(=O)NCc2ccnc(N3CCOCC3)c2)cc1OC. The molecule has 5 rings (SSSR count). The molecule has 1 fully saturated rings. The number of amides is 1. The predicted molar refractivity (Wildman–Crippen MR) is 141 cm³/mol. The number of rotatable bonds is 8. The van der Waals surface area contributed by atoms with Gasteiger partial charge in [0.05, 0.1) is 38.7 Å². The highest BCUT2D eigenvalue weighted by Crippen LogP contribution is 2.33. The number of pyridine rings is 1. The lowest BCUT2D eigenvalue weighted by atomic mass is 10.1. The number of morpholine rings is 1. The van der Waals surface area contributed by atoms with Crippen LogP contribution in [-0.2, 0) is 11.3 Å². The Morgan fingerprint density at radius 1 is 1.00 bits per heavy atom. The van der Waals surface area contributed by atoms with Gasteiger partial charge in [-0.2, -0.15) is 5.10 Å². The number of carbonyl (C=O) groups is 1. The van der Waals surface area contributed by atoms with Crippen molar-refractivity contribution in [3.8, 4) is 28.4 Å². The first-order chi connectivity index (χ1) is 18.2. The minimum atomic E-state index is -0.225. The lowest BCUT2D eigenvalue weighted by Gasteiger charge is -2.28. The first kappa shape index (κ1) is 24.3. The van der Waals surface area contributed by atoms with E-state index < -0.39 is 0 Å². The Balaban J connectivity index is 1.42. The van der Waals surface area contributed by atoms with Crippen LogP contribution >= 0.6 is 0 Å². The quantitative estimate of drug-likeness (QED) is 0.395. The molecule has 0 spiro atoms. The number of methoxy groups -OCH3 is 2. The molecule has 190 valence electrons. The van der Waals surface area contributed by atoms with Crippen LogP contribution in [0.3, 0.4) is 0 Å². The topological polar surface area (TPSA) is 90.7 Å². The normalized spacial score (nSPS) is 13.3. The van der Waals surface area contributed by atoms with Gasteiger partial charge in [-0.3, -0.25) is 4.79 Å². The summed E-state index contributed by atoms with van der Waals surface area (Å²) in [4.78, 5) is 20.1. The molecule has 37 heavy (non-hydrogen) atoms. The number of para-hydroxylation sites is 1. The Hall–Kier alpha value is -4.37. The van der Waals surface area contributed by atoms with Gasteiger partial charge in [-0.05, 0) is 48.0 Å². The van der Waals surface area contributed by atoms with E-state index in [4.69, 9.17) is 19.3 Å². The maximum absolute atomic E-state index is 13.5. The highest BCUT2D eigenvalue weighted by molar-refractivity contribution is 6.00. The minimum Gasteiger partial charge on any atom is -0.493 e. The predicted octanol–water partition coefficient (Wildman–Crippen LogP) is 3.72. The highest BCUT2D eigenvalue weighted by Gasteiger charge is 2.20. The van der Waals surface area contributed by atoms with Gasteiger partial charge in [-0.1, -0.05) is 18.2 Å². The van der Waals surface area contributed by atoms with Gasteiger partial charge in [0, 0.05) is 37.6 Å². The van der Waals surface area contributed by atoms with Crippen molar-refractivity contribution in [1.82, 2.24) is 20.1 Å². The molecule has 0 saturated carbocycles. The van der Waals surface area contributed by atoms with Crippen LogP contribution in [0, 0.1) is 0 Å². The summed E-state index contributed by atoms with van der Waals surface area (Å²) in [5, 5.41) is 7.82. The van der Waals surface area contributed by atoms with Crippen LogP contribution in [0.1, 0.15) is 15.9 Å². The second kappa shape index (κ2) is 11.1. The third-order valence-electron chi connectivity index (χ3n) is 6.23. The Labute approximate surface area is 215 Å². The van der Waals surface area contributed by atoms with Crippen molar-refractivity contribution in [3.63, 3.8) is 0 Å². The van der Waals surface area contributed by atoms with Crippen molar-refractivity contribution >= 4 is 11.7 Å². The van der Waals surface area contributed by atoms with Crippen LogP contribution in [-0.4, -0.2) is 61.2 Å². The van der Waals surface area contributed by atoms with Gasteiger partial charge in [0.1, 0.15) is 11.5 Å². The summed E-state index contributed by atoms with van der Waals surface area (Å²) in [6.07, 6.45) is 3.52. The van der Waals surface area contributed by atoms with E-state index in [0.717, 1.165) is 35.7 Å². The minimum absolute atomic E-state index is 0.225. The van der Waals surface area contributed by atoms with Gasteiger partial charge < -0.3 is 24.4 Å². The molecular weight excluding hydrogens is 470 g/mol. The number of benzene rings is 2. The summed E-state index contributed by atoms with van der Waals surface area (Å²) in [5.41, 5.74) is 3.57. The molecule has 0 atom stereocenters. The number of aromatic nitrogens is 3. The van der Waals surface area contributed by atoms with Gasteiger partial charge in [0.15, 0.2) is 11.5 Å². The van der Waals surface area contributed by atoms with E-state index in [1.807, 2.05) is 60.7 Å². The molecule has 1 N–H and O–H groups in total. The summed E-state index contributed by atoms with van der Waals surface area (Å²) in [6.45, 7) is 3.34. The van der Waals surface area contributed by atoms with E-state index in [1.165, 1.54) is 0 Å². The first-order valence-corrected chi connectivity index (χ1v) is 12.1. The number of ether oxygens (including phenoxy) is 3. The van der Waals surface area contributed by atoms with Gasteiger partial charge in [0.25, 0.3) is 5.91 Å². The molecule has 1 amide bonds. The number of carbonyl (C=O) groups excluding carboxylic acids is 1. The fraction of sp³-hybridized carbons (Fsp3) is 0.250. The molecule has 1 aliphatic heterocycles. The van der Waals surface area contributed by atoms with Crippen LogP contribution in [0.4, 0.5) is 5.82 Å². The number of nitrogens with one attached hydrogen (secondary N) is 1. The van der Waals surface area contributed by atoms with E-state index in [-0.39, 0.29) is 5.91 Å². The number of hydrogen-bond acceptors (Lipinski definition) is 7. The Bertz CT molecular complexity index is 1370. The summed E-state index contributed by atoms with van der Waals surface area (Å²) in [5.74, 6) is 1.83. The van der Waals surface area contributed by atoms with Crippen LogP contribution < -0.4 is 19.7 Å². The molecule has 3 heterocycles. The molecule has 2 aromatic heterocycles. The lowest BCUT2D eigenvalue weighted by molar-refractivity contribution is 0.0951. The van der Waals surface area contributed by atoms with E-state index in [1.54, 1.807) is 31.3 Å². The zero-order chi connectivity index (χ0) is 25.6. The zero-order valence-corrected chi connectivity index (χ0v) is 20.9. The Kier molecular flexibility index (Phi) is 7.32. The van der Waals surface area contributed by atoms with Crippen molar-refractivity contribution in [2.24, 2.45) is 0 Å². The summed E-state index contributed by atoms with van der Waals surface area (Å²) < 4.78 is 18.0. The van der Waals surface area contributed by atoms with E-state index in [0.29, 0.717) is 42.5 Å². The standard InChI is InChI=1S/C28H29N5O4/c1-35-24-9-8-21(17-25(24)36-2)27-23(19-33(31-27)22-6-4-3-5-7-22)28(34)30-18-20-10-11-29-26(16-20)32-12-14-37-15-13-32/h3-11,16-17,19H,12-15,18H2,1-2H3,(H,30,34). The lowest BCUT2D eigenvalue weighted by Crippen LogP contribution is -2.36. The summed E-state index contributed by atoms with van der Waals surface area (Å²) >= 11 is 0. The molecule has 1 saturated heterocycles. The van der Waals surface area contributed by atoms with Crippen LogP contribution in [0.2, 0.25) is 0 Å². The molecule has 9 nitrogen and oxygen atoms in total. The summed E-state index contributed by atoms with van der Waals surface area (Å²) in [6, 6.07) is 19.1. The maximum atomic E-state index is 13.5. The van der Waals surface area contributed by atoms with Gasteiger partial charge >= 0.3 is 0 Å². The van der Waals surface area contributed by atoms with Crippen LogP contribution in [0.25, 0.3) is 16.9 Å². The van der Waals surface area contributed by atoms with Gasteiger partial charge in [0.2, 0.25) is 0 Å². The fourth-order valence-corrected chi connectivity index (χ4v) is 4.26. The van der Waals surface area contributed by atoms with E-state index in [2.05, 4.69) is 15.2 Å². The summed E-state index contributed by atoms with van der Waals surface area (Å²) in [7, 11) is 3.17. The molecule has 4 aromatic rings. The molecule has 0 unspecified atom stereocenters. The fourth-order valence-electron chi connectivity index (χ4n) is 4.26. The molecular formula is C28H29N5O4. The highest BCUT2D eigenvalue weighted by atomic mass is 16.5. The third kappa shape index (κ3) is 5.41. The number of nitrogens with zero attached hydrogens (tertiary/aromatic N) is 4. The number of anilines is 1. The van der Waals surface area contributed by atoms with Crippen LogP contribution in [0.5, 0.6) is 11.5 Å². The zero-order valence-electron chi connectivity index (χ0n) is 20.9. The first-order valence-electron chi connectivity index (χ1n) is 12.1. The van der Waals surface area contributed by atoms with Crippen molar-refractivity contribution in [2.45, 2.75) is 6.54 Å². The Morgan fingerprint density at radius 2 is 1.78 bits per heavy atom. The Morgan fingerprint density at radius 3 is 2.54 bits per heavy atom. The largest absolute Gasteiger partial charge is 0.493 e. The van der Waals surface area contributed by atoms with Crippen molar-refractivity contribution in [3.05, 3.63) is 84.2 Å². The van der Waals surface area contributed by atoms with Crippen molar-refractivity contribution in [1.29, 1.82) is 0 Å². The monoisotopic (exact) mass is 499 g/mol.